The fourth-order valence-electron chi connectivity index (χ4n) is 3.86. The fourth-order valence-corrected chi connectivity index (χ4v) is 7.82. The van der Waals surface area contributed by atoms with Gasteiger partial charge < -0.3 is 14.8 Å². The topological polar surface area (TPSA) is 183 Å². The predicted molar refractivity (Wildman–Crippen MR) is 143 cm³/mol. The summed E-state index contributed by atoms with van der Waals surface area (Å²) in [6.45, 7) is 4.78. The van der Waals surface area contributed by atoms with Crippen LogP contribution in [0.5, 0.6) is 5.88 Å². The minimum absolute atomic E-state index is 0.00445. The van der Waals surface area contributed by atoms with Gasteiger partial charge in [0, 0.05) is 36.5 Å². The number of sulfonamides is 1. The first-order chi connectivity index (χ1) is 18.8. The van der Waals surface area contributed by atoms with Gasteiger partial charge in [0.05, 0.1) is 6.61 Å². The first kappa shape index (κ1) is 31.9. The summed E-state index contributed by atoms with van der Waals surface area (Å²) in [6.07, 6.45) is -0.879. The van der Waals surface area contributed by atoms with Crippen LogP contribution in [0.2, 0.25) is 0 Å². The van der Waals surface area contributed by atoms with E-state index in [0.29, 0.717) is 4.31 Å². The van der Waals surface area contributed by atoms with Gasteiger partial charge in [0.2, 0.25) is 5.88 Å². The van der Waals surface area contributed by atoms with Gasteiger partial charge in [-0.25, -0.2) is 32.1 Å². The van der Waals surface area contributed by atoms with E-state index in [2.05, 4.69) is 20.0 Å². The number of nitrogens with two attached hydrogens (primary N) is 1. The Kier molecular flexibility index (Phi) is 10.6. The lowest BCUT2D eigenvalue weighted by Crippen LogP contribution is -2.64. The van der Waals surface area contributed by atoms with E-state index in [1.165, 1.54) is 19.1 Å². The van der Waals surface area contributed by atoms with E-state index in [0.717, 1.165) is 23.9 Å². The number of rotatable bonds is 12. The monoisotopic (exact) mass is 624 g/mol. The number of ether oxygens (including phenoxy) is 2. The third kappa shape index (κ3) is 7.97. The van der Waals surface area contributed by atoms with Gasteiger partial charge in [-0.05, 0) is 26.3 Å². The summed E-state index contributed by atoms with van der Waals surface area (Å²) in [7, 11) is -8.89. The van der Waals surface area contributed by atoms with Crippen LogP contribution in [0.1, 0.15) is 32.8 Å². The van der Waals surface area contributed by atoms with Gasteiger partial charge in [-0.15, -0.1) is 0 Å². The summed E-state index contributed by atoms with van der Waals surface area (Å²) in [4.78, 5) is 20.3. The molecule has 18 heteroatoms. The molecule has 40 heavy (non-hydrogen) atoms. The highest BCUT2D eigenvalue weighted by Gasteiger charge is 2.45. The number of halogens is 2. The second-order valence-electron chi connectivity index (χ2n) is 8.55. The summed E-state index contributed by atoms with van der Waals surface area (Å²) in [6, 6.07) is 3.96. The molecule has 1 aliphatic heterocycles. The average molecular weight is 625 g/mol. The molecule has 13 nitrogen and oxygen atoms in total. The Morgan fingerprint density at radius 2 is 2.00 bits per heavy atom. The Morgan fingerprint density at radius 3 is 2.65 bits per heavy atom. The van der Waals surface area contributed by atoms with Crippen LogP contribution in [0.4, 0.5) is 14.6 Å². The molecule has 0 spiro atoms. The summed E-state index contributed by atoms with van der Waals surface area (Å²) in [5.74, 6) is -3.49. The smallest absolute Gasteiger partial charge is 0.347 e. The lowest BCUT2D eigenvalue weighted by molar-refractivity contribution is -0.150. The van der Waals surface area contributed by atoms with Crippen molar-refractivity contribution >= 4 is 43.8 Å². The molecule has 1 aromatic carbocycles. The predicted octanol–water partition coefficient (Wildman–Crippen LogP) is 1.33. The van der Waals surface area contributed by atoms with E-state index in [-0.39, 0.29) is 54.3 Å². The molecular formula is C22H30F2N6O7S3. The van der Waals surface area contributed by atoms with Crippen LogP contribution in [0.15, 0.2) is 29.4 Å². The summed E-state index contributed by atoms with van der Waals surface area (Å²) < 4.78 is 92.6. The van der Waals surface area contributed by atoms with Gasteiger partial charge in [0.25, 0.3) is 20.2 Å². The molecule has 3 rings (SSSR count). The molecule has 1 unspecified atom stereocenters. The van der Waals surface area contributed by atoms with Crippen molar-refractivity contribution in [1.82, 2.24) is 19.6 Å². The molecule has 2 heterocycles. The number of benzene rings is 1. The van der Waals surface area contributed by atoms with Gasteiger partial charge in [0.1, 0.15) is 5.82 Å². The Hall–Kier alpha value is -2.64. The van der Waals surface area contributed by atoms with Crippen molar-refractivity contribution in [2.75, 3.05) is 24.4 Å². The van der Waals surface area contributed by atoms with Crippen LogP contribution in [0.25, 0.3) is 0 Å². The Labute approximate surface area is 235 Å². The SMILES string of the molecule is CCOC(=O)[C@@H](C)Oc1cc(NS(=O)(=O)C2[C@@H](CC)NCCN2S(N)(=O)=O)nc(SCc2cccc(F)c2F)n1. The number of hydrogen-bond donors (Lipinski definition) is 3. The van der Waals surface area contributed by atoms with E-state index in [4.69, 9.17) is 14.6 Å². The van der Waals surface area contributed by atoms with E-state index in [9.17, 15) is 30.4 Å². The van der Waals surface area contributed by atoms with Crippen LogP contribution < -0.4 is 19.9 Å². The largest absolute Gasteiger partial charge is 0.463 e. The third-order valence-electron chi connectivity index (χ3n) is 5.68. The first-order valence-electron chi connectivity index (χ1n) is 12.1. The zero-order valence-electron chi connectivity index (χ0n) is 21.8. The minimum Gasteiger partial charge on any atom is -0.463 e. The molecule has 1 aromatic heterocycles. The summed E-state index contributed by atoms with van der Waals surface area (Å²) >= 11 is 0.843. The maximum absolute atomic E-state index is 14.2. The number of piperazine rings is 1. The third-order valence-corrected chi connectivity index (χ3v) is 9.49. The van der Waals surface area contributed by atoms with Gasteiger partial charge in [-0.2, -0.15) is 17.7 Å². The Bertz CT molecular complexity index is 1430. The second kappa shape index (κ2) is 13.3. The second-order valence-corrected chi connectivity index (χ2v) is 12.8. The standard InChI is InChI=1S/C22H30F2N6O7S3/c1-4-16-20(30(10-9-26-16)40(25,34)35)39(32,33)29-17-11-18(37-13(3)21(31)36-5-2)28-22(27-17)38-12-14-7-6-8-15(23)19(14)24/h6-8,11,13,16,20,26H,4-5,9-10,12H2,1-3H3,(H2,25,34,35)(H,27,28,29)/t13-,16-,20?/m1/s1. The Morgan fingerprint density at radius 1 is 1.27 bits per heavy atom. The molecule has 2 aromatic rings. The van der Waals surface area contributed by atoms with Gasteiger partial charge >= 0.3 is 5.97 Å². The molecule has 3 atom stereocenters. The highest BCUT2D eigenvalue weighted by Crippen LogP contribution is 2.28. The maximum Gasteiger partial charge on any atom is 0.347 e. The van der Waals surface area contributed by atoms with E-state index < -0.39 is 55.4 Å². The molecule has 1 saturated heterocycles. The molecule has 0 bridgehead atoms. The molecular weight excluding hydrogens is 594 g/mol. The molecule has 0 radical (unpaired) electrons. The van der Waals surface area contributed by atoms with Crippen molar-refractivity contribution in [1.29, 1.82) is 0 Å². The zero-order chi connectivity index (χ0) is 29.7. The number of thioether (sulfide) groups is 1. The zero-order valence-corrected chi connectivity index (χ0v) is 24.3. The van der Waals surface area contributed by atoms with Gasteiger partial charge in [0.15, 0.2) is 28.3 Å². The lowest BCUT2D eigenvalue weighted by Gasteiger charge is -2.38. The lowest BCUT2D eigenvalue weighted by atomic mass is 10.2. The highest BCUT2D eigenvalue weighted by atomic mass is 32.2. The minimum atomic E-state index is -4.50. The molecule has 0 amide bonds. The number of aromatic nitrogens is 2. The van der Waals surface area contributed by atoms with Crippen molar-refractivity contribution in [3.8, 4) is 5.88 Å². The molecule has 0 aliphatic carbocycles. The van der Waals surface area contributed by atoms with E-state index in [1.54, 1.807) is 13.8 Å². The van der Waals surface area contributed by atoms with Crippen LogP contribution >= 0.6 is 11.8 Å². The number of carbonyl (C=O) groups is 1. The van der Waals surface area contributed by atoms with Crippen molar-refractivity contribution in [2.24, 2.45) is 5.14 Å². The van der Waals surface area contributed by atoms with Crippen molar-refractivity contribution in [3.63, 3.8) is 0 Å². The molecule has 222 valence electrons. The van der Waals surface area contributed by atoms with Crippen LogP contribution in [-0.2, 0) is 35.5 Å². The number of esters is 1. The van der Waals surface area contributed by atoms with Crippen molar-refractivity contribution < 1.29 is 39.9 Å². The highest BCUT2D eigenvalue weighted by molar-refractivity contribution is 7.98. The van der Waals surface area contributed by atoms with E-state index >= 15 is 0 Å². The van der Waals surface area contributed by atoms with E-state index in [1.807, 2.05) is 0 Å². The molecule has 1 fully saturated rings. The van der Waals surface area contributed by atoms with Crippen LogP contribution in [0, 0.1) is 11.6 Å². The number of nitrogens with zero attached hydrogens (tertiary/aromatic N) is 3. The number of hydrogen-bond acceptors (Lipinski definition) is 11. The maximum atomic E-state index is 14.2. The van der Waals surface area contributed by atoms with Crippen LogP contribution in [-0.4, -0.2) is 74.3 Å². The number of nitrogens with one attached hydrogen (secondary N) is 2. The van der Waals surface area contributed by atoms with Gasteiger partial charge in [-0.1, -0.05) is 30.8 Å². The average Bonchev–Trinajstić information content (AvgIpc) is 2.88. The normalized spacial score (nSPS) is 19.1. The quantitative estimate of drug-likeness (QED) is 0.176. The van der Waals surface area contributed by atoms with Crippen LogP contribution in [0.3, 0.4) is 0 Å². The van der Waals surface area contributed by atoms with Gasteiger partial charge in [-0.3, -0.25) is 4.72 Å². The fraction of sp³-hybridized carbons (Fsp3) is 0.500. The molecule has 4 N–H and O–H groups in total. The molecule has 0 saturated carbocycles. The Balaban J connectivity index is 1.97. The first-order valence-corrected chi connectivity index (χ1v) is 16.1. The summed E-state index contributed by atoms with van der Waals surface area (Å²) in [5, 5.41) is 6.56. The number of carbonyl (C=O) groups excluding carboxylic acids is 1. The van der Waals surface area contributed by atoms with Crippen molar-refractivity contribution in [2.45, 2.75) is 55.6 Å². The van der Waals surface area contributed by atoms with Crippen molar-refractivity contribution in [3.05, 3.63) is 41.5 Å². The molecule has 1 aliphatic rings. The number of anilines is 1. The summed E-state index contributed by atoms with van der Waals surface area (Å²) in [5.41, 5.74) is 0.00445.